The average molecular weight is 149 g/mol. The second-order valence-corrected chi connectivity index (χ2v) is 1.17. The monoisotopic (exact) mass is 149 g/mol. The largest absolute Gasteiger partial charge is 0.435 e. The van der Waals surface area contributed by atoms with Crippen molar-refractivity contribution in [2.45, 2.75) is 0 Å². The molecular weight excluding hydrogens is 145 g/mol. The molecule has 0 heterocycles. The molecule has 0 radical (unpaired) electrons. The fourth-order valence-corrected chi connectivity index (χ4v) is 0.130. The Morgan fingerprint density at radius 1 is 1.40 bits per heavy atom. The van der Waals surface area contributed by atoms with Gasteiger partial charge in [-0.1, -0.05) is 0 Å². The second kappa shape index (κ2) is 3.38. The van der Waals surface area contributed by atoms with Gasteiger partial charge < -0.3 is 16.3 Å². The summed E-state index contributed by atoms with van der Waals surface area (Å²) >= 11 is 0. The lowest BCUT2D eigenvalue weighted by Crippen LogP contribution is -2.24. The molecule has 0 saturated heterocycles. The lowest BCUT2D eigenvalue weighted by Gasteiger charge is -1.88. The molecule has 0 aromatic carbocycles. The van der Waals surface area contributed by atoms with E-state index in [0.717, 1.165) is 0 Å². The number of rotatable bonds is 2. The molecule has 0 aromatic rings. The van der Waals surface area contributed by atoms with Crippen LogP contribution in [0.4, 0.5) is 4.39 Å². The predicted octanol–water partition coefficient (Wildman–Crippen LogP) is -1.79. The van der Waals surface area contributed by atoms with Gasteiger partial charge in [-0.25, -0.2) is 9.59 Å². The summed E-state index contributed by atoms with van der Waals surface area (Å²) in [5.74, 6) is -2.33. The Morgan fingerprint density at radius 2 is 1.90 bits per heavy atom. The number of carbonyl (C=O) groups is 2. The standard InChI is InChI=1S/C3H4FN3O3/c4-1(8)2(9)10-7-3(5)6/h(H4,5,6,7). The smallest absolute Gasteiger partial charge is 0.367 e. The Kier molecular flexibility index (Phi) is 2.82. The number of guanidine groups is 1. The van der Waals surface area contributed by atoms with Gasteiger partial charge in [0.2, 0.25) is 5.96 Å². The van der Waals surface area contributed by atoms with Gasteiger partial charge in [-0.3, -0.25) is 0 Å². The van der Waals surface area contributed by atoms with Crippen LogP contribution in [-0.2, 0) is 14.4 Å². The van der Waals surface area contributed by atoms with Gasteiger partial charge in [-0.05, 0) is 5.16 Å². The molecule has 4 N–H and O–H groups in total. The van der Waals surface area contributed by atoms with E-state index >= 15 is 0 Å². The number of oxime groups is 1. The van der Waals surface area contributed by atoms with Gasteiger partial charge in [0.05, 0.1) is 0 Å². The molecule has 0 rings (SSSR count). The quantitative estimate of drug-likeness (QED) is 0.120. The Labute approximate surface area is 54.6 Å². The van der Waals surface area contributed by atoms with E-state index in [4.69, 9.17) is 0 Å². The van der Waals surface area contributed by atoms with Crippen molar-refractivity contribution < 1.29 is 18.8 Å². The Morgan fingerprint density at radius 3 is 2.20 bits per heavy atom. The summed E-state index contributed by atoms with van der Waals surface area (Å²) in [6.07, 6.45) is 0. The van der Waals surface area contributed by atoms with Crippen molar-refractivity contribution in [1.29, 1.82) is 0 Å². The third-order valence-electron chi connectivity index (χ3n) is 0.394. The lowest BCUT2D eigenvalue weighted by atomic mass is 10.8. The molecule has 0 amide bonds. The lowest BCUT2D eigenvalue weighted by molar-refractivity contribution is -0.159. The van der Waals surface area contributed by atoms with E-state index < -0.39 is 18.0 Å². The maximum Gasteiger partial charge on any atom is 0.435 e. The SMILES string of the molecule is NC(N)=NOC(=O)C(=O)F. The molecule has 0 saturated carbocycles. The van der Waals surface area contributed by atoms with Gasteiger partial charge in [0.15, 0.2) is 0 Å². The van der Waals surface area contributed by atoms with Gasteiger partial charge in [-0.2, -0.15) is 4.39 Å². The summed E-state index contributed by atoms with van der Waals surface area (Å²) in [6, 6.07) is -2.26. The van der Waals surface area contributed by atoms with Crippen molar-refractivity contribution in [2.24, 2.45) is 16.6 Å². The average Bonchev–Trinajstić information content (AvgIpc) is 1.82. The van der Waals surface area contributed by atoms with Crippen LogP contribution in [0, 0.1) is 0 Å². The van der Waals surface area contributed by atoms with E-state index in [0.29, 0.717) is 0 Å². The Hall–Kier alpha value is -1.66. The molecule has 0 fully saturated rings. The van der Waals surface area contributed by atoms with Crippen LogP contribution in [0.25, 0.3) is 0 Å². The van der Waals surface area contributed by atoms with E-state index in [1.165, 1.54) is 0 Å². The summed E-state index contributed by atoms with van der Waals surface area (Å²) in [5, 5.41) is 2.61. The van der Waals surface area contributed by atoms with E-state index in [9.17, 15) is 14.0 Å². The first-order valence-corrected chi connectivity index (χ1v) is 2.03. The van der Waals surface area contributed by atoms with Crippen LogP contribution in [0.5, 0.6) is 0 Å². The first-order valence-electron chi connectivity index (χ1n) is 2.03. The molecule has 10 heavy (non-hydrogen) atoms. The third kappa shape index (κ3) is 3.36. The van der Waals surface area contributed by atoms with E-state index in [1.54, 1.807) is 0 Å². The minimum absolute atomic E-state index is 0.574. The molecule has 0 spiro atoms. The van der Waals surface area contributed by atoms with E-state index in [-0.39, 0.29) is 0 Å². The van der Waals surface area contributed by atoms with E-state index in [2.05, 4.69) is 21.5 Å². The van der Waals surface area contributed by atoms with Crippen molar-refractivity contribution in [1.82, 2.24) is 0 Å². The van der Waals surface area contributed by atoms with Crippen molar-refractivity contribution in [3.05, 3.63) is 0 Å². The highest BCUT2D eigenvalue weighted by molar-refractivity contribution is 6.29. The molecule has 0 aliphatic heterocycles. The minimum Gasteiger partial charge on any atom is -0.367 e. The fourth-order valence-electron chi connectivity index (χ4n) is 0.130. The van der Waals surface area contributed by atoms with Gasteiger partial charge in [-0.15, -0.1) is 0 Å². The highest BCUT2D eigenvalue weighted by Gasteiger charge is 2.13. The van der Waals surface area contributed by atoms with Gasteiger partial charge in [0, 0.05) is 0 Å². The zero-order chi connectivity index (χ0) is 8.15. The van der Waals surface area contributed by atoms with Crippen LogP contribution in [0.15, 0.2) is 5.16 Å². The zero-order valence-corrected chi connectivity index (χ0v) is 4.70. The van der Waals surface area contributed by atoms with Gasteiger partial charge in [0.25, 0.3) is 0 Å². The molecule has 7 heteroatoms. The van der Waals surface area contributed by atoms with Crippen LogP contribution in [-0.4, -0.2) is 18.0 Å². The van der Waals surface area contributed by atoms with Crippen molar-refractivity contribution in [3.63, 3.8) is 0 Å². The Balaban J connectivity index is 3.83. The van der Waals surface area contributed by atoms with Crippen LogP contribution >= 0.6 is 0 Å². The van der Waals surface area contributed by atoms with Crippen molar-refractivity contribution >= 4 is 18.0 Å². The van der Waals surface area contributed by atoms with Crippen molar-refractivity contribution in [2.75, 3.05) is 0 Å². The fraction of sp³-hybridized carbons (Fsp3) is 0. The first-order chi connectivity index (χ1) is 4.54. The van der Waals surface area contributed by atoms with Crippen molar-refractivity contribution in [3.8, 4) is 0 Å². The van der Waals surface area contributed by atoms with Crippen LogP contribution in [0.3, 0.4) is 0 Å². The van der Waals surface area contributed by atoms with Crippen LogP contribution in [0.2, 0.25) is 0 Å². The normalized spacial score (nSPS) is 8.10. The molecule has 0 atom stereocenters. The minimum atomic E-state index is -2.26. The summed E-state index contributed by atoms with van der Waals surface area (Å²) in [5.41, 5.74) is 9.32. The third-order valence-corrected chi connectivity index (χ3v) is 0.394. The second-order valence-electron chi connectivity index (χ2n) is 1.17. The number of hydrogen-bond acceptors (Lipinski definition) is 4. The highest BCUT2D eigenvalue weighted by atomic mass is 19.1. The number of halogens is 1. The number of carbonyl (C=O) groups excluding carboxylic acids is 2. The van der Waals surface area contributed by atoms with E-state index in [1.807, 2.05) is 0 Å². The predicted molar refractivity (Wildman–Crippen MR) is 28.0 cm³/mol. The van der Waals surface area contributed by atoms with Crippen LogP contribution < -0.4 is 11.5 Å². The summed E-state index contributed by atoms with van der Waals surface area (Å²) < 4.78 is 11.3. The summed E-state index contributed by atoms with van der Waals surface area (Å²) in [6.45, 7) is 0. The molecule has 0 aromatic heterocycles. The summed E-state index contributed by atoms with van der Waals surface area (Å²) in [4.78, 5) is 22.9. The highest BCUT2D eigenvalue weighted by Crippen LogP contribution is 1.81. The van der Waals surface area contributed by atoms with Gasteiger partial charge >= 0.3 is 12.0 Å². The molecule has 0 unspecified atom stereocenters. The molecule has 0 aliphatic rings. The first kappa shape index (κ1) is 8.34. The Bertz CT molecular complexity index is 185. The number of hydrogen-bond donors (Lipinski definition) is 2. The van der Waals surface area contributed by atoms with Crippen LogP contribution in [0.1, 0.15) is 0 Å². The number of nitrogens with two attached hydrogens (primary N) is 2. The topological polar surface area (TPSA) is 108 Å². The maximum absolute atomic E-state index is 11.3. The molecule has 0 bridgehead atoms. The maximum atomic E-state index is 11.3. The molecular formula is C3H4FN3O3. The summed E-state index contributed by atoms with van der Waals surface area (Å²) in [7, 11) is 0. The number of nitrogens with zero attached hydrogens (tertiary/aromatic N) is 1. The molecule has 0 aliphatic carbocycles. The zero-order valence-electron chi connectivity index (χ0n) is 4.70. The van der Waals surface area contributed by atoms with Gasteiger partial charge in [0.1, 0.15) is 0 Å². The molecule has 6 nitrogen and oxygen atoms in total. The molecule has 56 valence electrons.